The van der Waals surface area contributed by atoms with E-state index in [1.54, 1.807) is 19.3 Å². The van der Waals surface area contributed by atoms with Gasteiger partial charge in [-0.15, -0.1) is 0 Å². The van der Waals surface area contributed by atoms with Gasteiger partial charge in [0.1, 0.15) is 0 Å². The van der Waals surface area contributed by atoms with Gasteiger partial charge in [0.2, 0.25) is 0 Å². The quantitative estimate of drug-likeness (QED) is 0.541. The van der Waals surface area contributed by atoms with Gasteiger partial charge in [-0.3, -0.25) is 4.79 Å². The summed E-state index contributed by atoms with van der Waals surface area (Å²) in [7, 11) is 3.61. The van der Waals surface area contributed by atoms with Crippen LogP contribution >= 0.6 is 0 Å². The SMILES string of the molecule is COCCN(C)CCNC(=O)NC1C=CC(C(=O)O)C1. The minimum atomic E-state index is -0.856. The maximum absolute atomic E-state index is 11.6. The van der Waals surface area contributed by atoms with Crippen LogP contribution in [0.5, 0.6) is 0 Å². The van der Waals surface area contributed by atoms with Crippen molar-refractivity contribution in [1.82, 2.24) is 15.5 Å². The number of nitrogens with one attached hydrogen (secondary N) is 2. The monoisotopic (exact) mass is 285 g/mol. The van der Waals surface area contributed by atoms with E-state index in [9.17, 15) is 9.59 Å². The van der Waals surface area contributed by atoms with E-state index in [4.69, 9.17) is 9.84 Å². The Kier molecular flexibility index (Phi) is 7.03. The van der Waals surface area contributed by atoms with E-state index in [1.165, 1.54) is 0 Å². The van der Waals surface area contributed by atoms with Crippen molar-refractivity contribution in [2.24, 2.45) is 5.92 Å². The first-order chi connectivity index (χ1) is 9.52. The molecule has 2 atom stereocenters. The first kappa shape index (κ1) is 16.5. The zero-order valence-electron chi connectivity index (χ0n) is 12.0. The molecule has 1 rings (SSSR count). The molecule has 20 heavy (non-hydrogen) atoms. The van der Waals surface area contributed by atoms with Crippen molar-refractivity contribution in [3.05, 3.63) is 12.2 Å². The molecule has 0 saturated heterocycles. The van der Waals surface area contributed by atoms with E-state index in [2.05, 4.69) is 15.5 Å². The third-order valence-corrected chi connectivity index (χ3v) is 3.17. The third kappa shape index (κ3) is 6.03. The Bertz CT molecular complexity index is 360. The number of carbonyl (C=O) groups is 2. The van der Waals surface area contributed by atoms with Gasteiger partial charge in [-0.2, -0.15) is 0 Å². The minimum Gasteiger partial charge on any atom is -0.481 e. The van der Waals surface area contributed by atoms with Crippen LogP contribution in [-0.2, 0) is 9.53 Å². The van der Waals surface area contributed by atoms with Crippen LogP contribution in [-0.4, -0.2) is 68.4 Å². The number of urea groups is 1. The highest BCUT2D eigenvalue weighted by Crippen LogP contribution is 2.17. The second-order valence-corrected chi connectivity index (χ2v) is 4.87. The highest BCUT2D eigenvalue weighted by molar-refractivity contribution is 5.76. The number of ether oxygens (including phenoxy) is 1. The summed E-state index contributed by atoms with van der Waals surface area (Å²) < 4.78 is 4.96. The molecule has 3 N–H and O–H groups in total. The average molecular weight is 285 g/mol. The van der Waals surface area contributed by atoms with Gasteiger partial charge in [0.15, 0.2) is 0 Å². The van der Waals surface area contributed by atoms with Crippen molar-refractivity contribution in [2.75, 3.05) is 40.4 Å². The maximum atomic E-state index is 11.6. The van der Waals surface area contributed by atoms with Crippen LogP contribution in [0.4, 0.5) is 4.79 Å². The van der Waals surface area contributed by atoms with E-state index < -0.39 is 11.9 Å². The predicted octanol–water partition coefficient (Wildman–Crippen LogP) is -0.107. The summed E-state index contributed by atoms with van der Waals surface area (Å²) in [6.45, 7) is 2.73. The lowest BCUT2D eigenvalue weighted by Gasteiger charge is -2.17. The fourth-order valence-corrected chi connectivity index (χ4v) is 1.93. The molecular weight excluding hydrogens is 262 g/mol. The number of carboxylic acid groups (broad SMARTS) is 1. The summed E-state index contributed by atoms with van der Waals surface area (Å²) in [6, 6.07) is -0.479. The van der Waals surface area contributed by atoms with Crippen molar-refractivity contribution < 1.29 is 19.4 Å². The normalized spacial score (nSPS) is 21.1. The smallest absolute Gasteiger partial charge is 0.315 e. The lowest BCUT2D eigenvalue weighted by atomic mass is 10.1. The van der Waals surface area contributed by atoms with Gasteiger partial charge in [0, 0.05) is 26.7 Å². The highest BCUT2D eigenvalue weighted by atomic mass is 16.5. The first-order valence-electron chi connectivity index (χ1n) is 6.66. The number of carboxylic acids is 1. The van der Waals surface area contributed by atoms with E-state index in [0.717, 1.165) is 13.1 Å². The maximum Gasteiger partial charge on any atom is 0.315 e. The number of methoxy groups -OCH3 is 1. The molecule has 0 saturated carbocycles. The molecule has 0 spiro atoms. The van der Waals surface area contributed by atoms with Crippen LogP contribution in [0.1, 0.15) is 6.42 Å². The van der Waals surface area contributed by atoms with Crippen LogP contribution in [0.2, 0.25) is 0 Å². The number of aliphatic carboxylic acids is 1. The fraction of sp³-hybridized carbons (Fsp3) is 0.692. The summed E-state index contributed by atoms with van der Waals surface area (Å²) in [4.78, 5) is 24.5. The summed E-state index contributed by atoms with van der Waals surface area (Å²) in [6.07, 6.45) is 3.76. The lowest BCUT2D eigenvalue weighted by Crippen LogP contribution is -2.43. The fourth-order valence-electron chi connectivity index (χ4n) is 1.93. The largest absolute Gasteiger partial charge is 0.481 e. The van der Waals surface area contributed by atoms with Crippen molar-refractivity contribution in [2.45, 2.75) is 12.5 Å². The van der Waals surface area contributed by atoms with Crippen molar-refractivity contribution >= 4 is 12.0 Å². The number of nitrogens with zero attached hydrogens (tertiary/aromatic N) is 1. The average Bonchev–Trinajstić information content (AvgIpc) is 2.85. The van der Waals surface area contributed by atoms with Crippen LogP contribution in [0.3, 0.4) is 0 Å². The Morgan fingerprint density at radius 1 is 1.40 bits per heavy atom. The molecule has 0 aromatic carbocycles. The zero-order valence-corrected chi connectivity index (χ0v) is 12.0. The summed E-state index contributed by atoms with van der Waals surface area (Å²) >= 11 is 0. The van der Waals surface area contributed by atoms with Crippen LogP contribution in [0.25, 0.3) is 0 Å². The van der Waals surface area contributed by atoms with Gasteiger partial charge in [-0.1, -0.05) is 12.2 Å². The van der Waals surface area contributed by atoms with Crippen LogP contribution in [0, 0.1) is 5.92 Å². The first-order valence-corrected chi connectivity index (χ1v) is 6.66. The standard InChI is InChI=1S/C13H23N3O4/c1-16(7-8-20-2)6-5-14-13(19)15-11-4-3-10(9-11)12(17)18/h3-4,10-11H,5-9H2,1-2H3,(H,17,18)(H2,14,15,19). The van der Waals surface area contributed by atoms with Gasteiger partial charge >= 0.3 is 12.0 Å². The molecule has 1 aliphatic carbocycles. The molecule has 2 amide bonds. The molecule has 7 nitrogen and oxygen atoms in total. The van der Waals surface area contributed by atoms with E-state index in [1.807, 2.05) is 7.05 Å². The van der Waals surface area contributed by atoms with E-state index in [-0.39, 0.29) is 12.1 Å². The molecule has 0 fully saturated rings. The third-order valence-electron chi connectivity index (χ3n) is 3.17. The van der Waals surface area contributed by atoms with Crippen molar-refractivity contribution in [3.63, 3.8) is 0 Å². The molecule has 1 aliphatic rings. The summed E-state index contributed by atoms with van der Waals surface area (Å²) in [5.74, 6) is -1.36. The van der Waals surface area contributed by atoms with Gasteiger partial charge in [-0.25, -0.2) is 4.79 Å². The molecule has 0 aromatic rings. The lowest BCUT2D eigenvalue weighted by molar-refractivity contribution is -0.140. The number of rotatable bonds is 8. The van der Waals surface area contributed by atoms with Crippen LogP contribution < -0.4 is 10.6 Å². The zero-order chi connectivity index (χ0) is 15.0. The molecule has 114 valence electrons. The van der Waals surface area contributed by atoms with Gasteiger partial charge in [-0.05, 0) is 13.5 Å². The number of carbonyl (C=O) groups excluding carboxylic acids is 1. The van der Waals surface area contributed by atoms with Gasteiger partial charge in [0.05, 0.1) is 18.6 Å². The molecular formula is C13H23N3O4. The van der Waals surface area contributed by atoms with Gasteiger partial charge in [0.25, 0.3) is 0 Å². The Morgan fingerprint density at radius 2 is 2.15 bits per heavy atom. The van der Waals surface area contributed by atoms with E-state index in [0.29, 0.717) is 19.6 Å². The Balaban J connectivity index is 2.12. The molecule has 0 heterocycles. The predicted molar refractivity (Wildman–Crippen MR) is 74.6 cm³/mol. The number of hydrogen-bond donors (Lipinski definition) is 3. The molecule has 7 heteroatoms. The molecule has 0 aliphatic heterocycles. The van der Waals surface area contributed by atoms with Gasteiger partial charge < -0.3 is 25.4 Å². The second kappa shape index (κ2) is 8.55. The Labute approximate surface area is 119 Å². The highest BCUT2D eigenvalue weighted by Gasteiger charge is 2.25. The Morgan fingerprint density at radius 3 is 2.75 bits per heavy atom. The number of amides is 2. The Hall–Kier alpha value is -1.60. The second-order valence-electron chi connectivity index (χ2n) is 4.87. The summed E-state index contributed by atoms with van der Waals surface area (Å²) in [5, 5.41) is 14.3. The number of hydrogen-bond acceptors (Lipinski definition) is 4. The van der Waals surface area contributed by atoms with Crippen LogP contribution in [0.15, 0.2) is 12.2 Å². The topological polar surface area (TPSA) is 90.9 Å². The molecule has 0 aromatic heterocycles. The summed E-state index contributed by atoms with van der Waals surface area (Å²) in [5.41, 5.74) is 0. The minimum absolute atomic E-state index is 0.206. The molecule has 0 bridgehead atoms. The number of likely N-dealkylation sites (N-methyl/N-ethyl adjacent to an activating group) is 1. The van der Waals surface area contributed by atoms with Crippen molar-refractivity contribution in [1.29, 1.82) is 0 Å². The molecule has 2 unspecified atom stereocenters. The molecule has 0 radical (unpaired) electrons. The van der Waals surface area contributed by atoms with E-state index >= 15 is 0 Å². The van der Waals surface area contributed by atoms with Crippen molar-refractivity contribution in [3.8, 4) is 0 Å².